The molecule has 2 N–H and O–H groups in total. The third-order valence-electron chi connectivity index (χ3n) is 4.98. The van der Waals surface area contributed by atoms with E-state index in [-0.39, 0.29) is 17.7 Å². The second-order valence-corrected chi connectivity index (χ2v) is 8.15. The summed E-state index contributed by atoms with van der Waals surface area (Å²) in [5.41, 5.74) is 1.69. The normalized spacial score (nSPS) is 16.3. The van der Waals surface area contributed by atoms with Crippen molar-refractivity contribution < 1.29 is 14.4 Å². The van der Waals surface area contributed by atoms with Crippen LogP contribution in [-0.4, -0.2) is 35.2 Å². The number of thiophene rings is 1. The van der Waals surface area contributed by atoms with E-state index in [4.69, 9.17) is 0 Å². The zero-order valence-electron chi connectivity index (χ0n) is 16.6. The maximum Gasteiger partial charge on any atom is 0.264 e. The van der Waals surface area contributed by atoms with Crippen molar-refractivity contribution in [3.8, 4) is 0 Å². The Hall–Kier alpha value is -2.67. The minimum Gasteiger partial charge on any atom is -0.350 e. The summed E-state index contributed by atoms with van der Waals surface area (Å²) in [6.07, 6.45) is 3.86. The standard InChI is InChI=1S/C22H27N3O3S/c1-2-6-20(26)24-17-11-9-16(10-12-17)15-23-21(27)18-7-3-4-13-25(18)22(28)19-8-5-14-29-19/h5,8-12,14,18H,2-4,6-7,13,15H2,1H3,(H,23,27)(H,24,26). The molecule has 29 heavy (non-hydrogen) atoms. The molecule has 1 fully saturated rings. The van der Waals surface area contributed by atoms with E-state index < -0.39 is 6.04 Å². The molecule has 0 radical (unpaired) electrons. The van der Waals surface area contributed by atoms with Crippen molar-refractivity contribution in [2.24, 2.45) is 0 Å². The highest BCUT2D eigenvalue weighted by molar-refractivity contribution is 7.12. The SMILES string of the molecule is CCCC(=O)Nc1ccc(CNC(=O)C2CCCCN2C(=O)c2cccs2)cc1. The number of carbonyl (C=O) groups excluding carboxylic acids is 3. The van der Waals surface area contributed by atoms with Gasteiger partial charge >= 0.3 is 0 Å². The Morgan fingerprint density at radius 2 is 1.93 bits per heavy atom. The fourth-order valence-corrected chi connectivity index (χ4v) is 4.13. The molecule has 6 nitrogen and oxygen atoms in total. The molecule has 0 bridgehead atoms. The lowest BCUT2D eigenvalue weighted by molar-refractivity contribution is -0.126. The van der Waals surface area contributed by atoms with E-state index in [0.717, 1.165) is 30.5 Å². The van der Waals surface area contributed by atoms with E-state index in [1.807, 2.05) is 42.6 Å². The van der Waals surface area contributed by atoms with Crippen molar-refractivity contribution in [2.45, 2.75) is 51.6 Å². The summed E-state index contributed by atoms with van der Waals surface area (Å²) >= 11 is 1.40. The first-order chi connectivity index (χ1) is 14.1. The monoisotopic (exact) mass is 413 g/mol. The Morgan fingerprint density at radius 1 is 1.14 bits per heavy atom. The summed E-state index contributed by atoms with van der Waals surface area (Å²) in [5, 5.41) is 7.69. The van der Waals surface area contributed by atoms with Crippen LogP contribution in [0.3, 0.4) is 0 Å². The van der Waals surface area contributed by atoms with Gasteiger partial charge in [0.15, 0.2) is 0 Å². The van der Waals surface area contributed by atoms with Crippen LogP contribution in [0.4, 0.5) is 5.69 Å². The average molecular weight is 414 g/mol. The minimum absolute atomic E-state index is 0.00125. The van der Waals surface area contributed by atoms with E-state index in [1.165, 1.54) is 11.3 Å². The fourth-order valence-electron chi connectivity index (χ4n) is 3.45. The lowest BCUT2D eigenvalue weighted by atomic mass is 10.0. The highest BCUT2D eigenvalue weighted by Gasteiger charge is 2.32. The Labute approximate surface area is 175 Å². The number of nitrogens with one attached hydrogen (secondary N) is 2. The number of hydrogen-bond donors (Lipinski definition) is 2. The van der Waals surface area contributed by atoms with Gasteiger partial charge in [0.2, 0.25) is 11.8 Å². The molecular weight excluding hydrogens is 386 g/mol. The van der Waals surface area contributed by atoms with Gasteiger partial charge in [-0.25, -0.2) is 0 Å². The van der Waals surface area contributed by atoms with Crippen molar-refractivity contribution in [3.05, 3.63) is 52.2 Å². The van der Waals surface area contributed by atoms with Crippen LogP contribution in [0.1, 0.15) is 54.3 Å². The van der Waals surface area contributed by atoms with Gasteiger partial charge in [-0.05, 0) is 54.8 Å². The molecule has 1 aliphatic heterocycles. The number of piperidine rings is 1. The van der Waals surface area contributed by atoms with Gasteiger partial charge < -0.3 is 15.5 Å². The number of amides is 3. The van der Waals surface area contributed by atoms with Gasteiger partial charge in [-0.3, -0.25) is 14.4 Å². The first kappa shape index (κ1) is 21.0. The topological polar surface area (TPSA) is 78.5 Å². The van der Waals surface area contributed by atoms with Crippen molar-refractivity contribution in [1.29, 1.82) is 0 Å². The van der Waals surface area contributed by atoms with Crippen molar-refractivity contribution >= 4 is 34.7 Å². The number of likely N-dealkylation sites (tertiary alicyclic amines) is 1. The van der Waals surface area contributed by atoms with E-state index in [1.54, 1.807) is 11.0 Å². The Morgan fingerprint density at radius 3 is 2.62 bits per heavy atom. The molecule has 0 spiro atoms. The van der Waals surface area contributed by atoms with Crippen LogP contribution in [0, 0.1) is 0 Å². The van der Waals surface area contributed by atoms with E-state index in [9.17, 15) is 14.4 Å². The number of anilines is 1. The third-order valence-corrected chi connectivity index (χ3v) is 5.84. The van der Waals surface area contributed by atoms with Gasteiger partial charge in [0, 0.05) is 25.2 Å². The minimum atomic E-state index is -0.425. The highest BCUT2D eigenvalue weighted by Crippen LogP contribution is 2.22. The second-order valence-electron chi connectivity index (χ2n) is 7.20. The molecule has 1 saturated heterocycles. The van der Waals surface area contributed by atoms with Gasteiger partial charge in [0.05, 0.1) is 4.88 Å². The number of rotatable bonds is 7. The Kier molecular flexibility index (Phi) is 7.41. The van der Waals surface area contributed by atoms with Gasteiger partial charge in [-0.15, -0.1) is 11.3 Å². The van der Waals surface area contributed by atoms with Crippen LogP contribution in [0.5, 0.6) is 0 Å². The predicted octanol–water partition coefficient (Wildman–Crippen LogP) is 3.80. The number of nitrogens with zero attached hydrogens (tertiary/aromatic N) is 1. The molecule has 1 aromatic heterocycles. The number of hydrogen-bond acceptors (Lipinski definition) is 4. The first-order valence-corrected chi connectivity index (χ1v) is 11.0. The molecule has 1 aliphatic rings. The lowest BCUT2D eigenvalue weighted by Crippen LogP contribution is -2.51. The molecule has 0 aliphatic carbocycles. The van der Waals surface area contributed by atoms with Gasteiger partial charge in [0.25, 0.3) is 5.91 Å². The lowest BCUT2D eigenvalue weighted by Gasteiger charge is -2.34. The average Bonchev–Trinajstić information content (AvgIpc) is 3.27. The smallest absolute Gasteiger partial charge is 0.264 e. The molecule has 1 unspecified atom stereocenters. The molecule has 2 aromatic rings. The summed E-state index contributed by atoms with van der Waals surface area (Å²) in [6.45, 7) is 2.97. The third kappa shape index (κ3) is 5.67. The molecule has 3 rings (SSSR count). The Balaban J connectivity index is 1.56. The van der Waals surface area contributed by atoms with E-state index >= 15 is 0 Å². The molecular formula is C22H27N3O3S. The van der Waals surface area contributed by atoms with Crippen LogP contribution in [-0.2, 0) is 16.1 Å². The van der Waals surface area contributed by atoms with Gasteiger partial charge in [0.1, 0.15) is 6.04 Å². The molecule has 7 heteroatoms. The van der Waals surface area contributed by atoms with Crippen molar-refractivity contribution in [3.63, 3.8) is 0 Å². The molecule has 154 valence electrons. The highest BCUT2D eigenvalue weighted by atomic mass is 32.1. The molecule has 3 amide bonds. The summed E-state index contributed by atoms with van der Waals surface area (Å²) in [6, 6.07) is 10.7. The molecule has 0 saturated carbocycles. The maximum atomic E-state index is 12.8. The zero-order valence-corrected chi connectivity index (χ0v) is 17.5. The maximum absolute atomic E-state index is 12.8. The van der Waals surface area contributed by atoms with Crippen LogP contribution in [0.15, 0.2) is 41.8 Å². The van der Waals surface area contributed by atoms with E-state index in [2.05, 4.69) is 10.6 Å². The summed E-state index contributed by atoms with van der Waals surface area (Å²) < 4.78 is 0. The van der Waals surface area contributed by atoms with Crippen LogP contribution >= 0.6 is 11.3 Å². The van der Waals surface area contributed by atoms with Crippen molar-refractivity contribution in [1.82, 2.24) is 10.2 Å². The summed E-state index contributed by atoms with van der Waals surface area (Å²) in [4.78, 5) is 39.6. The molecule has 1 atom stereocenters. The zero-order chi connectivity index (χ0) is 20.6. The number of carbonyl (C=O) groups is 3. The van der Waals surface area contributed by atoms with Crippen LogP contribution in [0.2, 0.25) is 0 Å². The summed E-state index contributed by atoms with van der Waals surface area (Å²) in [5.74, 6) is -0.177. The molecule has 2 heterocycles. The molecule has 1 aromatic carbocycles. The predicted molar refractivity (Wildman–Crippen MR) is 115 cm³/mol. The largest absolute Gasteiger partial charge is 0.350 e. The number of benzene rings is 1. The van der Waals surface area contributed by atoms with Crippen LogP contribution < -0.4 is 10.6 Å². The van der Waals surface area contributed by atoms with E-state index in [0.29, 0.717) is 30.8 Å². The van der Waals surface area contributed by atoms with Crippen LogP contribution in [0.25, 0.3) is 0 Å². The second kappa shape index (κ2) is 10.2. The quantitative estimate of drug-likeness (QED) is 0.725. The van der Waals surface area contributed by atoms with Gasteiger partial charge in [-0.1, -0.05) is 25.1 Å². The first-order valence-electron chi connectivity index (χ1n) is 10.1. The van der Waals surface area contributed by atoms with Gasteiger partial charge in [-0.2, -0.15) is 0 Å². The van der Waals surface area contributed by atoms with Crippen molar-refractivity contribution in [2.75, 3.05) is 11.9 Å². The Bertz CT molecular complexity index is 833. The fraction of sp³-hybridized carbons (Fsp3) is 0.409. The summed E-state index contributed by atoms with van der Waals surface area (Å²) in [7, 11) is 0.